The minimum absolute atomic E-state index is 0.152. The molecule has 1 fully saturated rings. The molecule has 0 saturated carbocycles. The van der Waals surface area contributed by atoms with Crippen LogP contribution in [0.2, 0.25) is 0 Å². The minimum atomic E-state index is -0.671. The molecule has 1 atom stereocenters. The smallest absolute Gasteiger partial charge is 0.251 e. The summed E-state index contributed by atoms with van der Waals surface area (Å²) in [5, 5.41) is 2.72. The maximum Gasteiger partial charge on any atom is 0.251 e. The average Bonchev–Trinajstić information content (AvgIpc) is 3.19. The van der Waals surface area contributed by atoms with Crippen LogP contribution in [0.3, 0.4) is 0 Å². The molecule has 4 rings (SSSR count). The number of pyridine rings is 1. The van der Waals surface area contributed by atoms with E-state index in [9.17, 15) is 14.4 Å². The van der Waals surface area contributed by atoms with Gasteiger partial charge in [-0.3, -0.25) is 19.3 Å². The average molecular weight is 417 g/mol. The summed E-state index contributed by atoms with van der Waals surface area (Å²) in [4.78, 5) is 44.9. The number of fused-ring (bicyclic) bond motifs is 1. The van der Waals surface area contributed by atoms with E-state index < -0.39 is 6.04 Å². The maximum atomic E-state index is 13.4. The number of carbonyl (C=O) groups excluding carboxylic acids is 3. The molecule has 8 nitrogen and oxygen atoms in total. The number of anilines is 2. The Balaban J connectivity index is 1.60. The Labute approximate surface area is 179 Å². The van der Waals surface area contributed by atoms with Gasteiger partial charge in [0.25, 0.3) is 5.91 Å². The highest BCUT2D eigenvalue weighted by Gasteiger charge is 2.38. The minimum Gasteiger partial charge on any atom is -0.326 e. The lowest BCUT2D eigenvalue weighted by molar-refractivity contribution is -0.138. The van der Waals surface area contributed by atoms with Crippen molar-refractivity contribution in [2.24, 2.45) is 0 Å². The molecule has 0 unspecified atom stereocenters. The summed E-state index contributed by atoms with van der Waals surface area (Å²) in [6, 6.07) is 12.2. The van der Waals surface area contributed by atoms with Crippen molar-refractivity contribution in [2.75, 3.05) is 23.3 Å². The van der Waals surface area contributed by atoms with Crippen molar-refractivity contribution in [3.8, 4) is 0 Å². The van der Waals surface area contributed by atoms with Crippen LogP contribution in [0, 0.1) is 0 Å². The highest BCUT2D eigenvalue weighted by molar-refractivity contribution is 6.01. The summed E-state index contributed by atoms with van der Waals surface area (Å²) < 4.78 is 1.86. The predicted molar refractivity (Wildman–Crippen MR) is 118 cm³/mol. The van der Waals surface area contributed by atoms with Gasteiger partial charge in [0.1, 0.15) is 11.7 Å². The third-order valence-corrected chi connectivity index (χ3v) is 5.28. The molecule has 0 radical (unpaired) electrons. The zero-order valence-corrected chi connectivity index (χ0v) is 17.2. The summed E-state index contributed by atoms with van der Waals surface area (Å²) in [5.74, 6) is -0.0485. The van der Waals surface area contributed by atoms with Crippen LogP contribution in [-0.2, 0) is 20.8 Å². The number of piperazine rings is 1. The third kappa shape index (κ3) is 4.18. The van der Waals surface area contributed by atoms with Gasteiger partial charge in [0, 0.05) is 38.3 Å². The molecular weight excluding hydrogens is 394 g/mol. The van der Waals surface area contributed by atoms with Crippen molar-refractivity contribution in [3.05, 3.63) is 73.1 Å². The molecule has 1 aromatic carbocycles. The number of imidazole rings is 1. The van der Waals surface area contributed by atoms with Crippen LogP contribution in [0.1, 0.15) is 12.5 Å². The number of hydrogen-bond donors (Lipinski definition) is 1. The molecule has 1 saturated heterocycles. The Kier molecular flexibility index (Phi) is 5.53. The summed E-state index contributed by atoms with van der Waals surface area (Å²) in [7, 11) is 0. The van der Waals surface area contributed by atoms with Crippen LogP contribution >= 0.6 is 0 Å². The molecule has 3 heterocycles. The summed E-state index contributed by atoms with van der Waals surface area (Å²) >= 11 is 0. The van der Waals surface area contributed by atoms with E-state index in [4.69, 9.17) is 0 Å². The second-order valence-electron chi connectivity index (χ2n) is 7.39. The second-order valence-corrected chi connectivity index (χ2v) is 7.39. The fourth-order valence-corrected chi connectivity index (χ4v) is 3.79. The molecule has 0 aliphatic carbocycles. The van der Waals surface area contributed by atoms with Gasteiger partial charge >= 0.3 is 0 Å². The second kappa shape index (κ2) is 8.43. The molecular formula is C23H23N5O3. The first-order chi connectivity index (χ1) is 15.0. The van der Waals surface area contributed by atoms with Gasteiger partial charge < -0.3 is 14.6 Å². The van der Waals surface area contributed by atoms with Gasteiger partial charge in [0.15, 0.2) is 5.82 Å². The first-order valence-corrected chi connectivity index (χ1v) is 10.0. The van der Waals surface area contributed by atoms with E-state index in [-0.39, 0.29) is 17.7 Å². The largest absolute Gasteiger partial charge is 0.326 e. The van der Waals surface area contributed by atoms with Gasteiger partial charge in [-0.25, -0.2) is 4.98 Å². The Hall–Kier alpha value is -3.94. The molecule has 158 valence electrons. The first kappa shape index (κ1) is 20.3. The Morgan fingerprint density at radius 2 is 1.97 bits per heavy atom. The van der Waals surface area contributed by atoms with Crippen LogP contribution in [-0.4, -0.2) is 51.1 Å². The van der Waals surface area contributed by atoms with Gasteiger partial charge in [-0.15, -0.1) is 0 Å². The fourth-order valence-electron chi connectivity index (χ4n) is 3.79. The van der Waals surface area contributed by atoms with E-state index >= 15 is 0 Å². The summed E-state index contributed by atoms with van der Waals surface area (Å²) in [5.41, 5.74) is 2.31. The van der Waals surface area contributed by atoms with Gasteiger partial charge in [0.2, 0.25) is 11.8 Å². The van der Waals surface area contributed by atoms with Gasteiger partial charge in [-0.2, -0.15) is 0 Å². The van der Waals surface area contributed by atoms with Crippen molar-refractivity contribution in [2.45, 2.75) is 19.4 Å². The number of nitrogens with zero attached hydrogens (tertiary/aromatic N) is 4. The van der Waals surface area contributed by atoms with Gasteiger partial charge in [-0.1, -0.05) is 24.8 Å². The van der Waals surface area contributed by atoms with E-state index in [0.717, 1.165) is 11.2 Å². The van der Waals surface area contributed by atoms with E-state index in [1.54, 1.807) is 21.9 Å². The standard InChI is InChI=1S/C23H23N5O3/c1-3-22(30)27-12-13-28(21-15-26-11-5-4-6-20(26)25-21)23(31)19(27)14-17-7-9-18(10-8-17)24-16(2)29/h3-11,15,19H,1,12-14H2,2H3,(H,24,29)/t19-/m0/s1. The SMILES string of the molecule is C=CC(=O)N1CCN(c2cn3ccccc3n2)C(=O)[C@@H]1Cc1ccc(NC(C)=O)cc1. The maximum absolute atomic E-state index is 13.4. The van der Waals surface area contributed by atoms with Crippen molar-refractivity contribution in [1.29, 1.82) is 0 Å². The van der Waals surface area contributed by atoms with Crippen LogP contribution in [0.5, 0.6) is 0 Å². The van der Waals surface area contributed by atoms with Crippen molar-refractivity contribution >= 4 is 34.9 Å². The van der Waals surface area contributed by atoms with E-state index in [1.165, 1.54) is 13.0 Å². The van der Waals surface area contributed by atoms with Crippen molar-refractivity contribution < 1.29 is 14.4 Å². The normalized spacial score (nSPS) is 16.4. The van der Waals surface area contributed by atoms with Crippen LogP contribution in [0.15, 0.2) is 67.5 Å². The summed E-state index contributed by atoms with van der Waals surface area (Å²) in [6.45, 7) is 5.77. The lowest BCUT2D eigenvalue weighted by Crippen LogP contribution is -2.59. The number of benzene rings is 1. The molecule has 3 aromatic rings. The Morgan fingerprint density at radius 1 is 1.19 bits per heavy atom. The Morgan fingerprint density at radius 3 is 2.65 bits per heavy atom. The lowest BCUT2D eigenvalue weighted by Gasteiger charge is -2.39. The predicted octanol–water partition coefficient (Wildman–Crippen LogP) is 2.27. The van der Waals surface area contributed by atoms with E-state index in [1.807, 2.05) is 47.1 Å². The quantitative estimate of drug-likeness (QED) is 0.645. The lowest BCUT2D eigenvalue weighted by atomic mass is 10.0. The summed E-state index contributed by atoms with van der Waals surface area (Å²) in [6.07, 6.45) is 5.28. The van der Waals surface area contributed by atoms with Gasteiger partial charge in [0.05, 0.1) is 6.20 Å². The molecule has 2 aromatic heterocycles. The molecule has 1 N–H and O–H groups in total. The monoisotopic (exact) mass is 417 g/mol. The van der Waals surface area contributed by atoms with Gasteiger partial charge in [-0.05, 0) is 35.9 Å². The zero-order chi connectivity index (χ0) is 22.0. The highest BCUT2D eigenvalue weighted by atomic mass is 16.2. The number of carbonyl (C=O) groups is 3. The molecule has 1 aliphatic rings. The van der Waals surface area contributed by atoms with Crippen molar-refractivity contribution in [3.63, 3.8) is 0 Å². The molecule has 31 heavy (non-hydrogen) atoms. The zero-order valence-electron chi connectivity index (χ0n) is 17.2. The topological polar surface area (TPSA) is 87.0 Å². The fraction of sp³-hybridized carbons (Fsp3) is 0.217. The van der Waals surface area contributed by atoms with Crippen molar-refractivity contribution in [1.82, 2.24) is 14.3 Å². The first-order valence-electron chi connectivity index (χ1n) is 10.0. The number of aromatic nitrogens is 2. The molecule has 0 bridgehead atoms. The van der Waals surface area contributed by atoms with Crippen LogP contribution in [0.4, 0.5) is 11.5 Å². The van der Waals surface area contributed by atoms with Crippen LogP contribution in [0.25, 0.3) is 5.65 Å². The third-order valence-electron chi connectivity index (χ3n) is 5.28. The van der Waals surface area contributed by atoms with Crippen LogP contribution < -0.4 is 10.2 Å². The Bertz CT molecular complexity index is 1120. The molecule has 3 amide bonds. The van der Waals surface area contributed by atoms with E-state index in [0.29, 0.717) is 31.0 Å². The molecule has 0 spiro atoms. The number of rotatable bonds is 5. The number of amides is 3. The highest BCUT2D eigenvalue weighted by Crippen LogP contribution is 2.23. The van der Waals surface area contributed by atoms with E-state index in [2.05, 4.69) is 16.9 Å². The molecule has 1 aliphatic heterocycles. The number of hydrogen-bond acceptors (Lipinski definition) is 4. The number of nitrogens with one attached hydrogen (secondary N) is 1. The molecule has 8 heteroatoms.